The van der Waals surface area contributed by atoms with E-state index < -0.39 is 5.54 Å². The second kappa shape index (κ2) is 6.25. The predicted octanol–water partition coefficient (Wildman–Crippen LogP) is 1.58. The summed E-state index contributed by atoms with van der Waals surface area (Å²) in [6.45, 7) is 2.68. The monoisotopic (exact) mass is 355 g/mol. The van der Waals surface area contributed by atoms with E-state index >= 15 is 0 Å². The molecule has 1 aromatic carbocycles. The summed E-state index contributed by atoms with van der Waals surface area (Å²) in [6, 6.07) is 9.91. The Balaban J connectivity index is 1.67. The van der Waals surface area contributed by atoms with Crippen LogP contribution in [0.5, 0.6) is 0 Å². The van der Waals surface area contributed by atoms with Gasteiger partial charge in [0.05, 0.1) is 11.2 Å². The first-order valence-corrected chi connectivity index (χ1v) is 8.67. The molecule has 7 nitrogen and oxygen atoms in total. The van der Waals surface area contributed by atoms with Crippen LogP contribution in [0.25, 0.3) is 0 Å². The topological polar surface area (TPSA) is 75.9 Å². The zero-order chi connectivity index (χ0) is 18.3. The Labute approximate surface area is 151 Å². The molecule has 0 spiro atoms. The van der Waals surface area contributed by atoms with Crippen LogP contribution in [0, 0.1) is 6.92 Å². The van der Waals surface area contributed by atoms with E-state index in [1.54, 1.807) is 16.7 Å². The zero-order valence-electron chi connectivity index (χ0n) is 14.8. The lowest BCUT2D eigenvalue weighted by Crippen LogP contribution is -2.67. The second-order valence-electron chi connectivity index (χ2n) is 6.81. The third-order valence-corrected chi connectivity index (χ3v) is 5.56. The van der Waals surface area contributed by atoms with Gasteiger partial charge in [0.25, 0.3) is 5.91 Å². The number of likely N-dealkylation sites (N-methyl/N-ethyl adjacent to an activating group) is 1. The number of carbonyl (C=O) groups excluding carboxylic acids is 2. The third kappa shape index (κ3) is 2.42. The normalized spacial score (nSPS) is 25.9. The summed E-state index contributed by atoms with van der Waals surface area (Å²) in [6.07, 6.45) is 1.58. The van der Waals surface area contributed by atoms with Gasteiger partial charge in [-0.2, -0.15) is 0 Å². The van der Waals surface area contributed by atoms with Crippen LogP contribution in [0.4, 0.5) is 0 Å². The predicted molar refractivity (Wildman–Crippen MR) is 92.4 cm³/mol. The number of carbonyl (C=O) groups is 2. The van der Waals surface area contributed by atoms with E-state index in [4.69, 9.17) is 9.15 Å². The molecule has 2 aliphatic rings. The number of aryl methyl sites for hydroxylation is 1. The van der Waals surface area contributed by atoms with Crippen LogP contribution in [0.15, 0.2) is 41.1 Å². The second-order valence-corrected chi connectivity index (χ2v) is 6.81. The molecule has 2 aromatic rings. The molecule has 2 saturated heterocycles. The number of amides is 2. The number of nitrogens with zero attached hydrogens (tertiary/aromatic N) is 3. The maximum atomic E-state index is 12.8. The molecule has 0 unspecified atom stereocenters. The molecule has 4 rings (SSSR count). The summed E-state index contributed by atoms with van der Waals surface area (Å²) in [4.78, 5) is 32.7. The van der Waals surface area contributed by atoms with Gasteiger partial charge >= 0.3 is 0 Å². The minimum absolute atomic E-state index is 0.0269. The summed E-state index contributed by atoms with van der Waals surface area (Å²) < 4.78 is 11.2. The molecule has 0 radical (unpaired) electrons. The minimum Gasteiger partial charge on any atom is -0.438 e. The highest BCUT2D eigenvalue weighted by Crippen LogP contribution is 2.42. The van der Waals surface area contributed by atoms with Crippen molar-refractivity contribution in [1.29, 1.82) is 0 Å². The Kier molecular flexibility index (Phi) is 4.03. The van der Waals surface area contributed by atoms with Gasteiger partial charge in [-0.15, -0.1) is 0 Å². The number of rotatable bonds is 2. The van der Waals surface area contributed by atoms with Crippen LogP contribution in [0.3, 0.4) is 0 Å². The van der Waals surface area contributed by atoms with Crippen molar-refractivity contribution in [2.75, 3.05) is 26.7 Å². The van der Waals surface area contributed by atoms with E-state index in [0.29, 0.717) is 25.2 Å². The van der Waals surface area contributed by atoms with E-state index in [0.717, 1.165) is 5.56 Å². The average Bonchev–Trinajstić information content (AvgIpc) is 3.10. The molecular formula is C19H21N3O4. The van der Waals surface area contributed by atoms with Crippen molar-refractivity contribution in [3.63, 3.8) is 0 Å². The molecule has 136 valence electrons. The van der Waals surface area contributed by atoms with Crippen LogP contribution >= 0.6 is 0 Å². The molecular weight excluding hydrogens is 334 g/mol. The van der Waals surface area contributed by atoms with Gasteiger partial charge in [0.2, 0.25) is 11.7 Å². The lowest BCUT2D eigenvalue weighted by molar-refractivity contribution is -0.180. The molecule has 7 heteroatoms. The van der Waals surface area contributed by atoms with E-state index in [2.05, 4.69) is 4.98 Å². The maximum absolute atomic E-state index is 12.8. The van der Waals surface area contributed by atoms with Gasteiger partial charge in [-0.25, -0.2) is 4.98 Å². The highest BCUT2D eigenvalue weighted by Gasteiger charge is 2.53. The molecule has 2 fully saturated rings. The fourth-order valence-corrected chi connectivity index (χ4v) is 4.06. The van der Waals surface area contributed by atoms with Gasteiger partial charge < -0.3 is 19.0 Å². The number of morpholine rings is 1. The first-order chi connectivity index (χ1) is 12.5. The highest BCUT2D eigenvalue weighted by molar-refractivity contribution is 5.92. The average molecular weight is 355 g/mol. The van der Waals surface area contributed by atoms with Crippen molar-refractivity contribution in [2.24, 2.45) is 0 Å². The molecule has 2 amide bonds. The standard InChI is InChI=1S/C19H21N3O4/c1-13-17(26-12-20-13)18(24)22-9-8-19(14-6-4-3-5-7-14)15(10-22)25-11-16(23)21(19)2/h3-7,12,15H,8-11H2,1-2H3/t15-,19+/m1/s1. The fourth-order valence-electron chi connectivity index (χ4n) is 4.06. The molecule has 0 saturated carbocycles. The van der Waals surface area contributed by atoms with Crippen LogP contribution in [-0.2, 0) is 15.1 Å². The smallest absolute Gasteiger partial charge is 0.291 e. The minimum atomic E-state index is -0.566. The number of fused-ring (bicyclic) bond motifs is 1. The van der Waals surface area contributed by atoms with Crippen molar-refractivity contribution in [3.8, 4) is 0 Å². The lowest BCUT2D eigenvalue weighted by Gasteiger charge is -2.54. The van der Waals surface area contributed by atoms with Gasteiger partial charge in [0.1, 0.15) is 12.7 Å². The van der Waals surface area contributed by atoms with Crippen molar-refractivity contribution < 1.29 is 18.7 Å². The molecule has 0 N–H and O–H groups in total. The number of likely N-dealkylation sites (tertiary alicyclic amines) is 1. The molecule has 26 heavy (non-hydrogen) atoms. The highest BCUT2D eigenvalue weighted by atomic mass is 16.5. The summed E-state index contributed by atoms with van der Waals surface area (Å²) in [5.41, 5.74) is 1.04. The molecule has 2 aliphatic heterocycles. The van der Waals surface area contributed by atoms with Crippen molar-refractivity contribution >= 4 is 11.8 Å². The van der Waals surface area contributed by atoms with Crippen LogP contribution in [-0.4, -0.2) is 59.4 Å². The number of aromatic nitrogens is 1. The zero-order valence-corrected chi connectivity index (χ0v) is 14.8. The van der Waals surface area contributed by atoms with E-state index in [1.165, 1.54) is 6.39 Å². The summed E-state index contributed by atoms with van der Waals surface area (Å²) in [7, 11) is 1.82. The number of piperidine rings is 1. The summed E-state index contributed by atoms with van der Waals surface area (Å²) in [5.74, 6) is 0.0261. The van der Waals surface area contributed by atoms with Crippen LogP contribution < -0.4 is 0 Å². The Morgan fingerprint density at radius 1 is 1.31 bits per heavy atom. The quantitative estimate of drug-likeness (QED) is 0.818. The van der Waals surface area contributed by atoms with E-state index in [1.807, 2.05) is 37.4 Å². The van der Waals surface area contributed by atoms with Gasteiger partial charge in [-0.05, 0) is 18.9 Å². The summed E-state index contributed by atoms with van der Waals surface area (Å²) >= 11 is 0. The van der Waals surface area contributed by atoms with Gasteiger partial charge in [-0.1, -0.05) is 30.3 Å². The van der Waals surface area contributed by atoms with Gasteiger partial charge in [0.15, 0.2) is 6.39 Å². The SMILES string of the molecule is Cc1ncoc1C(=O)N1CC[C@]2(c3ccccc3)[C@@H](C1)OCC(=O)N2C. The number of benzene rings is 1. The summed E-state index contributed by atoms with van der Waals surface area (Å²) in [5, 5.41) is 0. The van der Waals surface area contributed by atoms with Crippen LogP contribution in [0.1, 0.15) is 28.2 Å². The first-order valence-electron chi connectivity index (χ1n) is 8.67. The maximum Gasteiger partial charge on any atom is 0.291 e. The Hall–Kier alpha value is -2.67. The molecule has 0 aliphatic carbocycles. The van der Waals surface area contributed by atoms with Crippen molar-refractivity contribution in [3.05, 3.63) is 53.7 Å². The first kappa shape index (κ1) is 16.8. The lowest BCUT2D eigenvalue weighted by atomic mass is 9.76. The van der Waals surface area contributed by atoms with E-state index in [9.17, 15) is 9.59 Å². The Bertz CT molecular complexity index is 834. The number of ether oxygens (including phenoxy) is 1. The number of oxazole rings is 1. The van der Waals surface area contributed by atoms with Crippen LogP contribution in [0.2, 0.25) is 0 Å². The van der Waals surface area contributed by atoms with Gasteiger partial charge in [0, 0.05) is 20.1 Å². The molecule has 2 atom stereocenters. The Morgan fingerprint density at radius 3 is 2.77 bits per heavy atom. The van der Waals surface area contributed by atoms with Gasteiger partial charge in [-0.3, -0.25) is 9.59 Å². The van der Waals surface area contributed by atoms with Crippen molar-refractivity contribution in [1.82, 2.24) is 14.8 Å². The fraction of sp³-hybridized carbons (Fsp3) is 0.421. The largest absolute Gasteiger partial charge is 0.438 e. The van der Waals surface area contributed by atoms with E-state index in [-0.39, 0.29) is 30.3 Å². The van der Waals surface area contributed by atoms with Crippen molar-refractivity contribution in [2.45, 2.75) is 25.0 Å². The number of hydrogen-bond acceptors (Lipinski definition) is 5. The molecule has 0 bridgehead atoms. The Morgan fingerprint density at radius 2 is 2.08 bits per heavy atom. The molecule has 1 aromatic heterocycles. The number of hydrogen-bond donors (Lipinski definition) is 0. The third-order valence-electron chi connectivity index (χ3n) is 5.56. The molecule has 3 heterocycles.